The van der Waals surface area contributed by atoms with Gasteiger partial charge in [-0.1, -0.05) is 0 Å². The molecule has 0 atom stereocenters. The molecule has 1 heterocycles. The van der Waals surface area contributed by atoms with Crippen LogP contribution >= 0.6 is 22.6 Å². The van der Waals surface area contributed by atoms with Crippen LogP contribution in [0.15, 0.2) is 29.2 Å². The van der Waals surface area contributed by atoms with Crippen molar-refractivity contribution in [2.24, 2.45) is 0 Å². The molecule has 0 saturated carbocycles. The summed E-state index contributed by atoms with van der Waals surface area (Å²) in [5.74, 6) is 0. The summed E-state index contributed by atoms with van der Waals surface area (Å²) in [6.07, 6.45) is -2.96. The molecule has 0 aliphatic rings. The molecule has 0 bridgehead atoms. The van der Waals surface area contributed by atoms with Crippen LogP contribution in [0.5, 0.6) is 0 Å². The molecule has 0 aliphatic heterocycles. The van der Waals surface area contributed by atoms with Crippen LogP contribution in [0.2, 0.25) is 0 Å². The highest BCUT2D eigenvalue weighted by molar-refractivity contribution is 14.1. The highest BCUT2D eigenvalue weighted by Gasteiger charge is 2.30. The first kappa shape index (κ1) is 11.4. The summed E-state index contributed by atoms with van der Waals surface area (Å²) in [5.41, 5.74) is -0.800. The first-order chi connectivity index (χ1) is 7.39. The van der Waals surface area contributed by atoms with E-state index in [1.54, 1.807) is 22.6 Å². The zero-order chi connectivity index (χ0) is 11.9. The fourth-order valence-corrected chi connectivity index (χ4v) is 1.82. The summed E-state index contributed by atoms with van der Waals surface area (Å²) in [6.45, 7) is 0. The summed E-state index contributed by atoms with van der Waals surface area (Å²) >= 11 is 1.78. The Morgan fingerprint density at radius 2 is 1.94 bits per heavy atom. The molecule has 0 amide bonds. The lowest BCUT2D eigenvalue weighted by Gasteiger charge is -2.07. The van der Waals surface area contributed by atoms with Gasteiger partial charge in [-0.05, 0) is 40.8 Å². The summed E-state index contributed by atoms with van der Waals surface area (Å²) in [7, 11) is 0. The van der Waals surface area contributed by atoms with Crippen molar-refractivity contribution in [3.8, 4) is 0 Å². The Kier molecular flexibility index (Phi) is 2.69. The van der Waals surface area contributed by atoms with Crippen LogP contribution in [0.3, 0.4) is 0 Å². The third kappa shape index (κ3) is 1.93. The minimum atomic E-state index is -4.43. The molecule has 84 valence electrons. The molecule has 1 aromatic heterocycles. The molecular weight excluding hydrogens is 334 g/mol. The maximum Gasteiger partial charge on any atom is 0.416 e. The van der Waals surface area contributed by atoms with Crippen LogP contribution < -0.4 is 5.43 Å². The molecule has 1 N–H and O–H groups in total. The van der Waals surface area contributed by atoms with Gasteiger partial charge in [-0.2, -0.15) is 13.2 Å². The number of rotatable bonds is 0. The fourth-order valence-electron chi connectivity index (χ4n) is 1.37. The lowest BCUT2D eigenvalue weighted by molar-refractivity contribution is -0.137. The molecule has 0 fully saturated rings. The maximum atomic E-state index is 12.4. The number of hydrogen-bond donors (Lipinski definition) is 1. The SMILES string of the molecule is O=c1c(I)c[nH]c2ccc(C(F)(F)F)cc12. The lowest BCUT2D eigenvalue weighted by Crippen LogP contribution is -2.10. The van der Waals surface area contributed by atoms with Gasteiger partial charge in [-0.15, -0.1) is 0 Å². The van der Waals surface area contributed by atoms with Crippen LogP contribution in [0.1, 0.15) is 5.56 Å². The number of fused-ring (bicyclic) bond motifs is 1. The number of nitrogens with one attached hydrogen (secondary N) is 1. The van der Waals surface area contributed by atoms with E-state index in [2.05, 4.69) is 4.98 Å². The fraction of sp³-hybridized carbons (Fsp3) is 0.100. The van der Waals surface area contributed by atoms with E-state index in [0.29, 0.717) is 9.09 Å². The van der Waals surface area contributed by atoms with Crippen LogP contribution in [-0.2, 0) is 6.18 Å². The normalized spacial score (nSPS) is 12.0. The molecule has 0 spiro atoms. The smallest absolute Gasteiger partial charge is 0.360 e. The molecule has 16 heavy (non-hydrogen) atoms. The molecule has 2 rings (SSSR count). The van der Waals surface area contributed by atoms with E-state index in [-0.39, 0.29) is 10.8 Å². The van der Waals surface area contributed by atoms with E-state index in [4.69, 9.17) is 0 Å². The van der Waals surface area contributed by atoms with Crippen molar-refractivity contribution >= 4 is 33.5 Å². The number of aromatic nitrogens is 1. The minimum Gasteiger partial charge on any atom is -0.360 e. The topological polar surface area (TPSA) is 32.9 Å². The Morgan fingerprint density at radius 3 is 2.56 bits per heavy atom. The third-order valence-electron chi connectivity index (χ3n) is 2.16. The largest absolute Gasteiger partial charge is 0.416 e. The average molecular weight is 339 g/mol. The van der Waals surface area contributed by atoms with Crippen molar-refractivity contribution in [2.45, 2.75) is 6.18 Å². The Bertz CT molecular complexity index is 603. The standard InChI is InChI=1S/C10H5F3INO/c11-10(12,13)5-1-2-8-6(3-5)9(16)7(14)4-15-8/h1-4H,(H,15,16). The van der Waals surface area contributed by atoms with E-state index >= 15 is 0 Å². The van der Waals surface area contributed by atoms with Gasteiger partial charge in [0.2, 0.25) is 5.43 Å². The number of pyridine rings is 1. The highest BCUT2D eigenvalue weighted by atomic mass is 127. The lowest BCUT2D eigenvalue weighted by atomic mass is 10.1. The van der Waals surface area contributed by atoms with E-state index in [1.807, 2.05) is 0 Å². The van der Waals surface area contributed by atoms with Gasteiger partial charge < -0.3 is 4.98 Å². The number of halogens is 4. The Hall–Kier alpha value is -1.05. The quantitative estimate of drug-likeness (QED) is 0.735. The Labute approximate surface area is 102 Å². The second-order valence-electron chi connectivity index (χ2n) is 3.22. The van der Waals surface area contributed by atoms with Crippen molar-refractivity contribution in [1.82, 2.24) is 4.98 Å². The van der Waals surface area contributed by atoms with E-state index in [1.165, 1.54) is 12.3 Å². The predicted molar refractivity (Wildman–Crippen MR) is 62.3 cm³/mol. The zero-order valence-corrected chi connectivity index (χ0v) is 9.89. The Balaban J connectivity index is 2.79. The summed E-state index contributed by atoms with van der Waals surface area (Å²) in [4.78, 5) is 14.4. The second-order valence-corrected chi connectivity index (χ2v) is 4.39. The van der Waals surface area contributed by atoms with Crippen molar-refractivity contribution in [3.05, 3.63) is 43.8 Å². The molecule has 2 aromatic rings. The predicted octanol–water partition coefficient (Wildman–Crippen LogP) is 3.15. The number of benzene rings is 1. The molecule has 0 radical (unpaired) electrons. The third-order valence-corrected chi connectivity index (χ3v) is 2.96. The first-order valence-electron chi connectivity index (χ1n) is 4.28. The van der Waals surface area contributed by atoms with Gasteiger partial charge in [0.1, 0.15) is 0 Å². The molecule has 6 heteroatoms. The van der Waals surface area contributed by atoms with Gasteiger partial charge in [0, 0.05) is 17.1 Å². The summed E-state index contributed by atoms with van der Waals surface area (Å²) in [5, 5.41) is 0.0572. The van der Waals surface area contributed by atoms with Gasteiger partial charge in [-0.3, -0.25) is 4.79 Å². The van der Waals surface area contributed by atoms with E-state index < -0.39 is 11.7 Å². The summed E-state index contributed by atoms with van der Waals surface area (Å²) < 4.78 is 37.7. The minimum absolute atomic E-state index is 0.0572. The van der Waals surface area contributed by atoms with Crippen LogP contribution in [0.25, 0.3) is 10.9 Å². The van der Waals surface area contributed by atoms with Crippen molar-refractivity contribution in [1.29, 1.82) is 0 Å². The Morgan fingerprint density at radius 1 is 1.25 bits per heavy atom. The van der Waals surface area contributed by atoms with Gasteiger partial charge in [0.25, 0.3) is 0 Å². The van der Waals surface area contributed by atoms with Crippen LogP contribution in [0, 0.1) is 3.57 Å². The van der Waals surface area contributed by atoms with Crippen molar-refractivity contribution in [2.75, 3.05) is 0 Å². The highest BCUT2D eigenvalue weighted by Crippen LogP contribution is 2.30. The molecule has 0 saturated heterocycles. The van der Waals surface area contributed by atoms with Crippen molar-refractivity contribution in [3.63, 3.8) is 0 Å². The number of H-pyrrole nitrogens is 1. The molecule has 0 aliphatic carbocycles. The monoisotopic (exact) mass is 339 g/mol. The van der Waals surface area contributed by atoms with Gasteiger partial charge in [0.15, 0.2) is 0 Å². The van der Waals surface area contributed by atoms with Gasteiger partial charge >= 0.3 is 6.18 Å². The maximum absolute atomic E-state index is 12.4. The molecule has 2 nitrogen and oxygen atoms in total. The number of hydrogen-bond acceptors (Lipinski definition) is 1. The van der Waals surface area contributed by atoms with Crippen molar-refractivity contribution < 1.29 is 13.2 Å². The van der Waals surface area contributed by atoms with Crippen LogP contribution in [0.4, 0.5) is 13.2 Å². The second kappa shape index (κ2) is 3.76. The molecular formula is C10H5F3INO. The first-order valence-corrected chi connectivity index (χ1v) is 5.35. The van der Waals surface area contributed by atoms with E-state index in [9.17, 15) is 18.0 Å². The number of aromatic amines is 1. The number of alkyl halides is 3. The zero-order valence-electron chi connectivity index (χ0n) is 7.73. The average Bonchev–Trinajstić information content (AvgIpc) is 2.22. The van der Waals surface area contributed by atoms with Gasteiger partial charge in [-0.25, -0.2) is 0 Å². The summed E-state index contributed by atoms with van der Waals surface area (Å²) in [6, 6.07) is 3.08. The van der Waals surface area contributed by atoms with E-state index in [0.717, 1.165) is 12.1 Å². The molecule has 0 unspecified atom stereocenters. The molecule has 1 aromatic carbocycles. The van der Waals surface area contributed by atoms with Gasteiger partial charge in [0.05, 0.1) is 9.13 Å². The van der Waals surface area contributed by atoms with Crippen LogP contribution in [-0.4, -0.2) is 4.98 Å².